The van der Waals surface area contributed by atoms with E-state index in [1.54, 1.807) is 19.5 Å². The molecule has 2 aromatic heterocycles. The van der Waals surface area contributed by atoms with Crippen LogP contribution in [0, 0.1) is 0 Å². The Bertz CT molecular complexity index is 711. The van der Waals surface area contributed by atoms with Crippen LogP contribution in [0.3, 0.4) is 0 Å². The Morgan fingerprint density at radius 3 is 2.30 bits per heavy atom. The number of methoxy groups -OCH3 is 1. The molecule has 0 atom stereocenters. The van der Waals surface area contributed by atoms with Gasteiger partial charge in [-0.05, 0) is 24.3 Å². The number of aromatic nitrogens is 2. The molecule has 98 valence electrons. The molecule has 0 saturated heterocycles. The number of ether oxygens (including phenoxy) is 1. The Morgan fingerprint density at radius 2 is 1.50 bits per heavy atom. The molecule has 0 aliphatic carbocycles. The van der Waals surface area contributed by atoms with Crippen LogP contribution < -0.4 is 4.74 Å². The second kappa shape index (κ2) is 5.53. The first-order valence-electron chi connectivity index (χ1n) is 6.40. The molecule has 3 heteroatoms. The number of hydrogen-bond donors (Lipinski definition) is 0. The largest absolute Gasteiger partial charge is 0.496 e. The lowest BCUT2D eigenvalue weighted by Crippen LogP contribution is -1.93. The Hall–Kier alpha value is -2.68. The Balaban J connectivity index is 2.20. The molecule has 3 aromatic rings. The highest BCUT2D eigenvalue weighted by Crippen LogP contribution is 2.34. The third-order valence-electron chi connectivity index (χ3n) is 3.11. The minimum Gasteiger partial charge on any atom is -0.496 e. The molecule has 3 nitrogen and oxygen atoms in total. The zero-order chi connectivity index (χ0) is 13.8. The smallest absolute Gasteiger partial charge is 0.126 e. The van der Waals surface area contributed by atoms with Crippen molar-refractivity contribution in [2.24, 2.45) is 0 Å². The molecule has 0 radical (unpaired) electrons. The van der Waals surface area contributed by atoms with Crippen molar-refractivity contribution in [1.29, 1.82) is 0 Å². The summed E-state index contributed by atoms with van der Waals surface area (Å²) in [4.78, 5) is 8.87. The number of benzene rings is 1. The summed E-state index contributed by atoms with van der Waals surface area (Å²) < 4.78 is 5.44. The van der Waals surface area contributed by atoms with E-state index >= 15 is 0 Å². The molecule has 0 N–H and O–H groups in total. The Morgan fingerprint density at radius 1 is 0.750 bits per heavy atom. The fourth-order valence-corrected chi connectivity index (χ4v) is 2.20. The maximum Gasteiger partial charge on any atom is 0.126 e. The van der Waals surface area contributed by atoms with E-state index in [2.05, 4.69) is 9.97 Å². The van der Waals surface area contributed by atoms with Crippen molar-refractivity contribution in [3.63, 3.8) is 0 Å². The maximum absolute atomic E-state index is 5.44. The van der Waals surface area contributed by atoms with Crippen LogP contribution in [-0.4, -0.2) is 17.1 Å². The highest BCUT2D eigenvalue weighted by Gasteiger charge is 2.12. The molecule has 1 aromatic carbocycles. The standard InChI is InChI=1S/C17H14N2O/c1-20-16-10-3-2-7-13(16)14-8-6-12-19-17(14)15-9-4-5-11-18-15/h2-12H,1H3. The SMILES string of the molecule is COc1ccccc1-c1cccnc1-c1ccccn1. The lowest BCUT2D eigenvalue weighted by molar-refractivity contribution is 0.416. The molecule has 0 bridgehead atoms. The van der Waals surface area contributed by atoms with Crippen molar-refractivity contribution >= 4 is 0 Å². The monoisotopic (exact) mass is 262 g/mol. The molecule has 2 heterocycles. The summed E-state index contributed by atoms with van der Waals surface area (Å²) in [7, 11) is 1.68. The molecule has 0 aliphatic heterocycles. The summed E-state index contributed by atoms with van der Waals surface area (Å²) in [5.74, 6) is 0.831. The number of hydrogen-bond acceptors (Lipinski definition) is 3. The number of pyridine rings is 2. The number of nitrogens with zero attached hydrogens (tertiary/aromatic N) is 2. The lowest BCUT2D eigenvalue weighted by atomic mass is 10.0. The van der Waals surface area contributed by atoms with Gasteiger partial charge in [-0.2, -0.15) is 0 Å². The van der Waals surface area contributed by atoms with Gasteiger partial charge in [-0.15, -0.1) is 0 Å². The number of rotatable bonds is 3. The van der Waals surface area contributed by atoms with Gasteiger partial charge in [0.2, 0.25) is 0 Å². The topological polar surface area (TPSA) is 35.0 Å². The van der Waals surface area contributed by atoms with Gasteiger partial charge < -0.3 is 4.74 Å². The fraction of sp³-hybridized carbons (Fsp3) is 0.0588. The summed E-state index contributed by atoms with van der Waals surface area (Å²) in [6.45, 7) is 0. The zero-order valence-corrected chi connectivity index (χ0v) is 11.2. The summed E-state index contributed by atoms with van der Waals surface area (Å²) in [5.41, 5.74) is 3.75. The van der Waals surface area contributed by atoms with Gasteiger partial charge in [0.25, 0.3) is 0 Å². The minimum absolute atomic E-state index is 0.831. The van der Waals surface area contributed by atoms with Gasteiger partial charge in [-0.25, -0.2) is 0 Å². The van der Waals surface area contributed by atoms with Gasteiger partial charge in [-0.3, -0.25) is 9.97 Å². The van der Waals surface area contributed by atoms with Crippen LogP contribution >= 0.6 is 0 Å². The molecule has 0 spiro atoms. The van der Waals surface area contributed by atoms with E-state index in [1.807, 2.05) is 54.6 Å². The van der Waals surface area contributed by atoms with Crippen LogP contribution in [0.25, 0.3) is 22.5 Å². The predicted molar refractivity (Wildman–Crippen MR) is 79.5 cm³/mol. The predicted octanol–water partition coefficient (Wildman–Crippen LogP) is 3.82. The average molecular weight is 262 g/mol. The molecular weight excluding hydrogens is 248 g/mol. The van der Waals surface area contributed by atoms with Crippen LogP contribution in [0.2, 0.25) is 0 Å². The van der Waals surface area contributed by atoms with Gasteiger partial charge in [0.05, 0.1) is 18.5 Å². The highest BCUT2D eigenvalue weighted by atomic mass is 16.5. The van der Waals surface area contributed by atoms with Crippen LogP contribution in [0.1, 0.15) is 0 Å². The van der Waals surface area contributed by atoms with Crippen LogP contribution in [-0.2, 0) is 0 Å². The van der Waals surface area contributed by atoms with Crippen LogP contribution in [0.5, 0.6) is 5.75 Å². The average Bonchev–Trinajstić information content (AvgIpc) is 2.55. The Labute approximate surface area is 117 Å². The molecule has 20 heavy (non-hydrogen) atoms. The second-order valence-corrected chi connectivity index (χ2v) is 4.31. The molecular formula is C17H14N2O. The van der Waals surface area contributed by atoms with Gasteiger partial charge in [0.1, 0.15) is 5.75 Å². The second-order valence-electron chi connectivity index (χ2n) is 4.31. The van der Waals surface area contributed by atoms with Crippen LogP contribution in [0.15, 0.2) is 67.0 Å². The molecule has 0 fully saturated rings. The van der Waals surface area contributed by atoms with Gasteiger partial charge >= 0.3 is 0 Å². The molecule has 3 rings (SSSR count). The maximum atomic E-state index is 5.44. The summed E-state index contributed by atoms with van der Waals surface area (Å²) in [6.07, 6.45) is 3.55. The van der Waals surface area contributed by atoms with E-state index in [0.717, 1.165) is 28.3 Å². The van der Waals surface area contributed by atoms with Crippen molar-refractivity contribution in [3.8, 4) is 28.3 Å². The van der Waals surface area contributed by atoms with Gasteiger partial charge in [0, 0.05) is 23.5 Å². The van der Waals surface area contributed by atoms with Crippen molar-refractivity contribution in [2.45, 2.75) is 0 Å². The molecule has 0 amide bonds. The first-order valence-corrected chi connectivity index (χ1v) is 6.40. The first-order chi connectivity index (χ1) is 9.90. The third kappa shape index (κ3) is 2.26. The summed E-state index contributed by atoms with van der Waals surface area (Å²) in [5, 5.41) is 0. The van der Waals surface area contributed by atoms with Crippen molar-refractivity contribution < 1.29 is 4.74 Å². The fourth-order valence-electron chi connectivity index (χ4n) is 2.20. The van der Waals surface area contributed by atoms with E-state index in [1.165, 1.54) is 0 Å². The highest BCUT2D eigenvalue weighted by molar-refractivity contribution is 5.82. The van der Waals surface area contributed by atoms with Crippen LogP contribution in [0.4, 0.5) is 0 Å². The molecule has 0 saturated carbocycles. The lowest BCUT2D eigenvalue weighted by Gasteiger charge is -2.11. The summed E-state index contributed by atoms with van der Waals surface area (Å²) in [6, 6.07) is 17.7. The Kier molecular flexibility index (Phi) is 3.42. The quantitative estimate of drug-likeness (QED) is 0.719. The molecule has 0 aliphatic rings. The number of para-hydroxylation sites is 1. The molecule has 0 unspecified atom stereocenters. The minimum atomic E-state index is 0.831. The normalized spacial score (nSPS) is 10.2. The van der Waals surface area contributed by atoms with Crippen molar-refractivity contribution in [2.75, 3.05) is 7.11 Å². The van der Waals surface area contributed by atoms with E-state index < -0.39 is 0 Å². The summed E-state index contributed by atoms with van der Waals surface area (Å²) >= 11 is 0. The van der Waals surface area contributed by atoms with Crippen molar-refractivity contribution in [3.05, 3.63) is 67.0 Å². The van der Waals surface area contributed by atoms with Crippen molar-refractivity contribution in [1.82, 2.24) is 9.97 Å². The van der Waals surface area contributed by atoms with E-state index in [9.17, 15) is 0 Å². The van der Waals surface area contributed by atoms with Gasteiger partial charge in [0.15, 0.2) is 0 Å². The van der Waals surface area contributed by atoms with E-state index in [-0.39, 0.29) is 0 Å². The zero-order valence-electron chi connectivity index (χ0n) is 11.2. The van der Waals surface area contributed by atoms with E-state index in [4.69, 9.17) is 4.74 Å². The third-order valence-corrected chi connectivity index (χ3v) is 3.11. The van der Waals surface area contributed by atoms with Gasteiger partial charge in [-0.1, -0.05) is 30.3 Å². The van der Waals surface area contributed by atoms with E-state index in [0.29, 0.717) is 0 Å². The first kappa shape index (κ1) is 12.4.